The third-order valence-electron chi connectivity index (χ3n) is 3.86. The van der Waals surface area contributed by atoms with Crippen LogP contribution in [0.5, 0.6) is 0 Å². The summed E-state index contributed by atoms with van der Waals surface area (Å²) in [6.07, 6.45) is 4.05. The lowest BCUT2D eigenvalue weighted by Crippen LogP contribution is -2.45. The minimum absolute atomic E-state index is 0. The van der Waals surface area contributed by atoms with Crippen molar-refractivity contribution in [1.29, 1.82) is 0 Å². The van der Waals surface area contributed by atoms with Gasteiger partial charge in [-0.25, -0.2) is 4.98 Å². The fourth-order valence-corrected chi connectivity index (χ4v) is 2.91. The van der Waals surface area contributed by atoms with Gasteiger partial charge in [-0.1, -0.05) is 11.6 Å². The van der Waals surface area contributed by atoms with Gasteiger partial charge in [-0.3, -0.25) is 4.99 Å². The summed E-state index contributed by atoms with van der Waals surface area (Å²) in [6, 6.07) is 4.07. The third kappa shape index (κ3) is 7.53. The van der Waals surface area contributed by atoms with Gasteiger partial charge in [0.25, 0.3) is 0 Å². The standard InChI is InChI=1S/C17H28ClN5O.HI/c1-13(2)24-11-5-9-21-17(19-3)22-14-7-10-23(12-14)16-15(18)6-4-8-20-16;/h4,6,8,13-14H,5,7,9-12H2,1-3H3,(H2,19,21,22);1H. The van der Waals surface area contributed by atoms with Crippen LogP contribution < -0.4 is 15.5 Å². The lowest BCUT2D eigenvalue weighted by atomic mass is 10.3. The van der Waals surface area contributed by atoms with Crippen LogP contribution in [0, 0.1) is 0 Å². The molecule has 0 amide bonds. The molecule has 1 fully saturated rings. The molecule has 0 spiro atoms. The molecule has 25 heavy (non-hydrogen) atoms. The zero-order valence-corrected chi connectivity index (χ0v) is 18.3. The predicted molar refractivity (Wildman–Crippen MR) is 115 cm³/mol. The Morgan fingerprint density at radius 1 is 1.52 bits per heavy atom. The number of halogens is 2. The summed E-state index contributed by atoms with van der Waals surface area (Å²) in [5.74, 6) is 1.69. The number of rotatable bonds is 7. The van der Waals surface area contributed by atoms with Crippen LogP contribution in [0.15, 0.2) is 23.3 Å². The smallest absolute Gasteiger partial charge is 0.191 e. The van der Waals surface area contributed by atoms with E-state index in [9.17, 15) is 0 Å². The zero-order valence-electron chi connectivity index (χ0n) is 15.2. The van der Waals surface area contributed by atoms with Gasteiger partial charge >= 0.3 is 0 Å². The summed E-state index contributed by atoms with van der Waals surface area (Å²) < 4.78 is 5.54. The first kappa shape index (κ1) is 22.2. The Bertz CT molecular complexity index is 544. The topological polar surface area (TPSA) is 61.8 Å². The molecule has 1 atom stereocenters. The maximum Gasteiger partial charge on any atom is 0.191 e. The number of anilines is 1. The zero-order chi connectivity index (χ0) is 17.4. The van der Waals surface area contributed by atoms with Gasteiger partial charge in [-0.15, -0.1) is 24.0 Å². The molecule has 2 heterocycles. The molecule has 142 valence electrons. The number of nitrogens with zero attached hydrogens (tertiary/aromatic N) is 3. The highest BCUT2D eigenvalue weighted by Crippen LogP contribution is 2.25. The number of aliphatic imine (C=N–C) groups is 1. The summed E-state index contributed by atoms with van der Waals surface area (Å²) in [7, 11) is 1.79. The normalized spacial score (nSPS) is 17.6. The van der Waals surface area contributed by atoms with Crippen LogP contribution in [0.1, 0.15) is 26.7 Å². The van der Waals surface area contributed by atoms with Gasteiger partial charge in [0.05, 0.1) is 11.1 Å². The molecule has 0 radical (unpaired) electrons. The largest absolute Gasteiger partial charge is 0.379 e. The molecule has 1 aliphatic heterocycles. The van der Waals surface area contributed by atoms with E-state index in [1.165, 1.54) is 0 Å². The molecule has 1 aliphatic rings. The number of hydrogen-bond donors (Lipinski definition) is 2. The van der Waals surface area contributed by atoms with Crippen molar-refractivity contribution in [2.24, 2.45) is 4.99 Å². The third-order valence-corrected chi connectivity index (χ3v) is 4.15. The number of ether oxygens (including phenoxy) is 1. The van der Waals surface area contributed by atoms with Crippen molar-refractivity contribution in [2.45, 2.75) is 38.8 Å². The van der Waals surface area contributed by atoms with E-state index in [0.717, 1.165) is 50.9 Å². The second-order valence-corrected chi connectivity index (χ2v) is 6.56. The average molecular weight is 482 g/mol. The Labute approximate surface area is 172 Å². The lowest BCUT2D eigenvalue weighted by molar-refractivity contribution is 0.0776. The fraction of sp³-hybridized carbons (Fsp3) is 0.647. The second kappa shape index (κ2) is 11.7. The Kier molecular flexibility index (Phi) is 10.4. The van der Waals surface area contributed by atoms with Crippen LogP contribution in [0.3, 0.4) is 0 Å². The minimum atomic E-state index is 0. The van der Waals surface area contributed by atoms with Gasteiger partial charge in [0.15, 0.2) is 5.96 Å². The minimum Gasteiger partial charge on any atom is -0.379 e. The molecular weight excluding hydrogens is 453 g/mol. The van der Waals surface area contributed by atoms with Crippen LogP contribution in [0.4, 0.5) is 5.82 Å². The molecule has 0 saturated carbocycles. The predicted octanol–water partition coefficient (Wildman–Crippen LogP) is 2.91. The first-order chi connectivity index (χ1) is 11.6. The van der Waals surface area contributed by atoms with E-state index >= 15 is 0 Å². The molecule has 0 aromatic carbocycles. The van der Waals surface area contributed by atoms with E-state index in [1.807, 2.05) is 26.0 Å². The van der Waals surface area contributed by atoms with Crippen molar-refractivity contribution in [1.82, 2.24) is 15.6 Å². The van der Waals surface area contributed by atoms with Crippen LogP contribution in [0.2, 0.25) is 5.02 Å². The molecule has 6 nitrogen and oxygen atoms in total. The maximum absolute atomic E-state index is 6.23. The number of guanidine groups is 1. The molecule has 2 N–H and O–H groups in total. The van der Waals surface area contributed by atoms with Crippen molar-refractivity contribution < 1.29 is 4.74 Å². The summed E-state index contributed by atoms with van der Waals surface area (Å²) >= 11 is 6.23. The van der Waals surface area contributed by atoms with Crippen LogP contribution in [-0.4, -0.2) is 56.4 Å². The van der Waals surface area contributed by atoms with E-state index in [-0.39, 0.29) is 30.1 Å². The van der Waals surface area contributed by atoms with Crippen molar-refractivity contribution in [3.05, 3.63) is 23.4 Å². The number of nitrogens with one attached hydrogen (secondary N) is 2. The van der Waals surface area contributed by atoms with Crippen LogP contribution in [0.25, 0.3) is 0 Å². The average Bonchev–Trinajstić information content (AvgIpc) is 3.02. The Balaban J connectivity index is 0.00000312. The Morgan fingerprint density at radius 2 is 2.32 bits per heavy atom. The number of pyridine rings is 1. The summed E-state index contributed by atoms with van der Waals surface area (Å²) in [4.78, 5) is 10.9. The molecular formula is C17H29ClIN5O. The molecule has 0 aliphatic carbocycles. The van der Waals surface area contributed by atoms with E-state index in [2.05, 4.69) is 25.5 Å². The van der Waals surface area contributed by atoms with Crippen molar-refractivity contribution >= 4 is 47.4 Å². The van der Waals surface area contributed by atoms with Crippen LogP contribution >= 0.6 is 35.6 Å². The molecule has 1 aromatic rings. The number of aromatic nitrogens is 1. The van der Waals surface area contributed by atoms with Gasteiger partial charge in [-0.05, 0) is 38.8 Å². The summed E-state index contributed by atoms with van der Waals surface area (Å²) in [6.45, 7) is 7.51. The number of hydrogen-bond acceptors (Lipinski definition) is 4. The van der Waals surface area contributed by atoms with Crippen molar-refractivity contribution in [3.63, 3.8) is 0 Å². The summed E-state index contributed by atoms with van der Waals surface area (Å²) in [5.41, 5.74) is 0. The SMILES string of the molecule is CN=C(NCCCOC(C)C)NC1CCN(c2ncccc2Cl)C1.I. The van der Waals surface area contributed by atoms with Gasteiger partial charge in [-0.2, -0.15) is 0 Å². The monoisotopic (exact) mass is 481 g/mol. The van der Waals surface area contributed by atoms with E-state index in [4.69, 9.17) is 16.3 Å². The lowest BCUT2D eigenvalue weighted by Gasteiger charge is -2.20. The molecule has 1 saturated heterocycles. The van der Waals surface area contributed by atoms with E-state index in [0.29, 0.717) is 11.1 Å². The molecule has 1 aromatic heterocycles. The maximum atomic E-state index is 6.23. The quantitative estimate of drug-likeness (QED) is 0.271. The Morgan fingerprint density at radius 3 is 3.00 bits per heavy atom. The van der Waals surface area contributed by atoms with Gasteiger partial charge in [0.2, 0.25) is 0 Å². The van der Waals surface area contributed by atoms with Crippen molar-refractivity contribution in [2.75, 3.05) is 38.2 Å². The second-order valence-electron chi connectivity index (χ2n) is 6.16. The first-order valence-corrected chi connectivity index (χ1v) is 8.92. The van der Waals surface area contributed by atoms with E-state index < -0.39 is 0 Å². The van der Waals surface area contributed by atoms with Gasteiger partial charge in [0, 0.05) is 45.5 Å². The van der Waals surface area contributed by atoms with Crippen molar-refractivity contribution in [3.8, 4) is 0 Å². The van der Waals surface area contributed by atoms with E-state index in [1.54, 1.807) is 13.2 Å². The summed E-state index contributed by atoms with van der Waals surface area (Å²) in [5, 5.41) is 7.50. The Hall–Kier alpha value is -0.800. The highest BCUT2D eigenvalue weighted by atomic mass is 127. The highest BCUT2D eigenvalue weighted by Gasteiger charge is 2.25. The molecule has 2 rings (SSSR count). The van der Waals surface area contributed by atoms with Crippen LogP contribution in [-0.2, 0) is 4.74 Å². The first-order valence-electron chi connectivity index (χ1n) is 8.54. The molecule has 8 heteroatoms. The molecule has 0 bridgehead atoms. The van der Waals surface area contributed by atoms with Gasteiger partial charge in [0.1, 0.15) is 5.82 Å². The fourth-order valence-electron chi connectivity index (χ4n) is 2.67. The highest BCUT2D eigenvalue weighted by molar-refractivity contribution is 14.0. The van der Waals surface area contributed by atoms with Gasteiger partial charge < -0.3 is 20.3 Å². The molecule has 1 unspecified atom stereocenters.